The van der Waals surface area contributed by atoms with E-state index in [1.165, 1.54) is 5.56 Å². The topological polar surface area (TPSA) is 34.4 Å². The summed E-state index contributed by atoms with van der Waals surface area (Å²) in [6, 6.07) is 7.72. The number of nitrogens with one attached hydrogen (secondary N) is 1. The number of hydrogen-bond acceptors (Lipinski definition) is 3. The second-order valence-electron chi connectivity index (χ2n) is 4.45. The van der Waals surface area contributed by atoms with Crippen molar-refractivity contribution in [3.63, 3.8) is 0 Å². The largest absolute Gasteiger partial charge is 0.493 e. The van der Waals surface area contributed by atoms with Crippen molar-refractivity contribution in [3.8, 4) is 5.75 Å². The molecule has 3 nitrogen and oxygen atoms in total. The van der Waals surface area contributed by atoms with E-state index in [0.29, 0.717) is 5.22 Å². The molecule has 1 aromatic carbocycles. The maximum Gasteiger partial charge on any atom is 0.193 e. The zero-order chi connectivity index (χ0) is 13.4. The molecule has 19 heavy (non-hydrogen) atoms. The maximum absolute atomic E-state index is 5.86. The van der Waals surface area contributed by atoms with Gasteiger partial charge in [0.2, 0.25) is 0 Å². The normalized spacial score (nSPS) is 15.1. The number of benzene rings is 1. The van der Waals surface area contributed by atoms with Crippen LogP contribution < -0.4 is 10.1 Å². The summed E-state index contributed by atoms with van der Waals surface area (Å²) in [6.07, 6.45) is 0.942. The molecule has 0 amide bonds. The fourth-order valence-corrected chi connectivity index (χ4v) is 3.12. The summed E-state index contributed by atoms with van der Waals surface area (Å²) >= 11 is 9.41. The van der Waals surface area contributed by atoms with Crippen LogP contribution in [-0.4, -0.2) is 13.7 Å². The average molecular weight is 343 g/mol. The minimum atomic E-state index is -0.0724. The second kappa shape index (κ2) is 5.19. The van der Waals surface area contributed by atoms with Gasteiger partial charge in [0.15, 0.2) is 5.22 Å². The van der Waals surface area contributed by atoms with Gasteiger partial charge in [-0.15, -0.1) is 0 Å². The van der Waals surface area contributed by atoms with Gasteiger partial charge in [-0.05, 0) is 48.5 Å². The van der Waals surface area contributed by atoms with Crippen LogP contribution >= 0.6 is 27.5 Å². The summed E-state index contributed by atoms with van der Waals surface area (Å²) in [4.78, 5) is 0. The molecule has 0 bridgehead atoms. The van der Waals surface area contributed by atoms with Crippen LogP contribution in [0.25, 0.3) is 0 Å². The summed E-state index contributed by atoms with van der Waals surface area (Å²) in [5.74, 6) is 1.73. The summed E-state index contributed by atoms with van der Waals surface area (Å²) in [5, 5.41) is 3.64. The van der Waals surface area contributed by atoms with Gasteiger partial charge in [0.1, 0.15) is 11.5 Å². The Balaban J connectivity index is 2.09. The molecule has 1 aliphatic heterocycles. The van der Waals surface area contributed by atoms with Gasteiger partial charge in [0, 0.05) is 16.5 Å². The molecular formula is C14H13BrClNO2. The Kier molecular flexibility index (Phi) is 3.56. The van der Waals surface area contributed by atoms with Gasteiger partial charge in [-0.1, -0.05) is 15.9 Å². The number of ether oxygens (including phenoxy) is 1. The lowest BCUT2D eigenvalue weighted by molar-refractivity contribution is 0.348. The van der Waals surface area contributed by atoms with Gasteiger partial charge >= 0.3 is 0 Å². The zero-order valence-electron chi connectivity index (χ0n) is 10.4. The standard InChI is InChI=1S/C14H13BrClNO2/c1-17-13(11-2-3-12(16)19-11)10-7-9(15)6-8-4-5-18-14(8)10/h2-3,6-7,13,17H,4-5H2,1H3. The van der Waals surface area contributed by atoms with Gasteiger partial charge in [-0.3, -0.25) is 0 Å². The number of rotatable bonds is 3. The quantitative estimate of drug-likeness (QED) is 0.917. The monoisotopic (exact) mass is 341 g/mol. The first-order chi connectivity index (χ1) is 9.19. The SMILES string of the molecule is CNC(c1ccc(Cl)o1)c1cc(Br)cc2c1OCC2. The Labute approximate surface area is 125 Å². The Hall–Kier alpha value is -0.970. The number of fused-ring (bicyclic) bond motifs is 1. The van der Waals surface area contributed by atoms with Crippen LogP contribution in [0.5, 0.6) is 5.75 Å². The molecule has 3 rings (SSSR count). The molecule has 0 saturated heterocycles. The van der Waals surface area contributed by atoms with Gasteiger partial charge in [-0.25, -0.2) is 0 Å². The van der Waals surface area contributed by atoms with Crippen molar-refractivity contribution in [3.05, 3.63) is 50.8 Å². The lowest BCUT2D eigenvalue weighted by atomic mass is 10.0. The molecule has 2 heterocycles. The van der Waals surface area contributed by atoms with E-state index in [1.807, 2.05) is 13.1 Å². The third kappa shape index (κ3) is 2.40. The molecule has 0 aliphatic carbocycles. The van der Waals surface area contributed by atoms with Crippen LogP contribution in [0.15, 0.2) is 33.2 Å². The number of halogens is 2. The fourth-order valence-electron chi connectivity index (χ4n) is 2.45. The molecule has 1 aliphatic rings. The highest BCUT2D eigenvalue weighted by atomic mass is 79.9. The van der Waals surface area contributed by atoms with Crippen LogP contribution in [-0.2, 0) is 6.42 Å². The van der Waals surface area contributed by atoms with Gasteiger partial charge < -0.3 is 14.5 Å². The van der Waals surface area contributed by atoms with Crippen LogP contribution in [0, 0.1) is 0 Å². The first-order valence-electron chi connectivity index (χ1n) is 6.06. The number of furan rings is 1. The first-order valence-corrected chi connectivity index (χ1v) is 7.23. The lowest BCUT2D eigenvalue weighted by Crippen LogP contribution is -2.17. The Morgan fingerprint density at radius 1 is 1.37 bits per heavy atom. The van der Waals surface area contributed by atoms with E-state index < -0.39 is 0 Å². The minimum Gasteiger partial charge on any atom is -0.493 e. The van der Waals surface area contributed by atoms with Gasteiger partial charge in [0.05, 0.1) is 12.6 Å². The summed E-state index contributed by atoms with van der Waals surface area (Å²) in [5.41, 5.74) is 2.29. The van der Waals surface area contributed by atoms with E-state index in [4.69, 9.17) is 20.8 Å². The molecule has 0 fully saturated rings. The lowest BCUT2D eigenvalue weighted by Gasteiger charge is -2.17. The van der Waals surface area contributed by atoms with E-state index in [9.17, 15) is 0 Å². The predicted octanol–water partition coefficient (Wildman–Crippen LogP) is 3.94. The predicted molar refractivity (Wildman–Crippen MR) is 78.0 cm³/mol. The highest BCUT2D eigenvalue weighted by Gasteiger charge is 2.25. The Bertz CT molecular complexity index is 611. The van der Waals surface area contributed by atoms with Crippen molar-refractivity contribution < 1.29 is 9.15 Å². The maximum atomic E-state index is 5.86. The van der Waals surface area contributed by atoms with E-state index in [0.717, 1.165) is 34.6 Å². The van der Waals surface area contributed by atoms with Crippen molar-refractivity contribution in [1.82, 2.24) is 5.32 Å². The fraction of sp³-hybridized carbons (Fsp3) is 0.286. The van der Waals surface area contributed by atoms with Crippen molar-refractivity contribution in [2.24, 2.45) is 0 Å². The summed E-state index contributed by atoms with van der Waals surface area (Å²) in [6.45, 7) is 0.730. The van der Waals surface area contributed by atoms with E-state index in [2.05, 4.69) is 33.4 Å². The van der Waals surface area contributed by atoms with Crippen LogP contribution in [0.1, 0.15) is 22.9 Å². The minimum absolute atomic E-state index is 0.0724. The van der Waals surface area contributed by atoms with Gasteiger partial charge in [-0.2, -0.15) is 0 Å². The van der Waals surface area contributed by atoms with E-state index in [-0.39, 0.29) is 6.04 Å². The number of hydrogen-bond donors (Lipinski definition) is 1. The Morgan fingerprint density at radius 3 is 2.89 bits per heavy atom. The Morgan fingerprint density at radius 2 is 2.21 bits per heavy atom. The summed E-state index contributed by atoms with van der Waals surface area (Å²) < 4.78 is 12.3. The first kappa shape index (κ1) is 13.0. The molecule has 1 atom stereocenters. The highest BCUT2D eigenvalue weighted by molar-refractivity contribution is 9.10. The van der Waals surface area contributed by atoms with Crippen molar-refractivity contribution in [2.45, 2.75) is 12.5 Å². The molecule has 1 aromatic heterocycles. The molecule has 0 spiro atoms. The van der Waals surface area contributed by atoms with Crippen LogP contribution in [0.2, 0.25) is 5.22 Å². The molecule has 2 aromatic rings. The van der Waals surface area contributed by atoms with Gasteiger partial charge in [0.25, 0.3) is 0 Å². The third-order valence-corrected chi connectivity index (χ3v) is 3.92. The van der Waals surface area contributed by atoms with Crippen molar-refractivity contribution in [1.29, 1.82) is 0 Å². The van der Waals surface area contributed by atoms with Crippen LogP contribution in [0.4, 0.5) is 0 Å². The highest BCUT2D eigenvalue weighted by Crippen LogP contribution is 2.39. The average Bonchev–Trinajstić information content (AvgIpc) is 2.99. The molecule has 0 saturated carbocycles. The molecule has 100 valence electrons. The molecule has 1 N–H and O–H groups in total. The smallest absolute Gasteiger partial charge is 0.193 e. The molecular weight excluding hydrogens is 330 g/mol. The van der Waals surface area contributed by atoms with Crippen molar-refractivity contribution >= 4 is 27.5 Å². The second-order valence-corrected chi connectivity index (χ2v) is 5.73. The summed E-state index contributed by atoms with van der Waals surface area (Å²) in [7, 11) is 1.89. The van der Waals surface area contributed by atoms with E-state index >= 15 is 0 Å². The third-order valence-electron chi connectivity index (χ3n) is 3.26. The van der Waals surface area contributed by atoms with Crippen LogP contribution in [0.3, 0.4) is 0 Å². The van der Waals surface area contributed by atoms with Crippen molar-refractivity contribution in [2.75, 3.05) is 13.7 Å². The molecule has 0 radical (unpaired) electrons. The van der Waals surface area contributed by atoms with E-state index in [1.54, 1.807) is 6.07 Å². The molecule has 1 unspecified atom stereocenters. The zero-order valence-corrected chi connectivity index (χ0v) is 12.7. The molecule has 5 heteroatoms.